The molecular formula is C20H27N3O4. The molecule has 2 heterocycles. The lowest BCUT2D eigenvalue weighted by Crippen LogP contribution is -2.42. The highest BCUT2D eigenvalue weighted by molar-refractivity contribution is 5.98. The van der Waals surface area contributed by atoms with E-state index < -0.39 is 5.97 Å². The highest BCUT2D eigenvalue weighted by Gasteiger charge is 2.27. The van der Waals surface area contributed by atoms with Crippen molar-refractivity contribution >= 4 is 23.6 Å². The summed E-state index contributed by atoms with van der Waals surface area (Å²) in [6, 6.07) is 5.14. The molecule has 0 bridgehead atoms. The number of carbonyl (C=O) groups excluding carboxylic acids is 2. The molecule has 0 spiro atoms. The molecule has 0 aliphatic carbocycles. The smallest absolute Gasteiger partial charge is 0.321 e. The van der Waals surface area contributed by atoms with Crippen LogP contribution in [0, 0.1) is 12.8 Å². The van der Waals surface area contributed by atoms with Gasteiger partial charge in [0.05, 0.1) is 5.92 Å². The summed E-state index contributed by atoms with van der Waals surface area (Å²) in [5, 5.41) is 11.9. The summed E-state index contributed by atoms with van der Waals surface area (Å²) in [4.78, 5) is 39.8. The van der Waals surface area contributed by atoms with E-state index in [-0.39, 0.29) is 17.9 Å². The maximum Gasteiger partial charge on any atom is 0.321 e. The van der Waals surface area contributed by atoms with E-state index in [2.05, 4.69) is 5.32 Å². The van der Waals surface area contributed by atoms with Gasteiger partial charge in [0.15, 0.2) is 0 Å². The first-order chi connectivity index (χ1) is 13.0. The van der Waals surface area contributed by atoms with Crippen LogP contribution < -0.4 is 5.32 Å². The number of aryl methyl sites for hydroxylation is 1. The van der Waals surface area contributed by atoms with Crippen LogP contribution in [0.4, 0.5) is 10.5 Å². The molecule has 0 saturated carbocycles. The molecule has 2 aliphatic rings. The first-order valence-electron chi connectivity index (χ1n) is 9.64. The van der Waals surface area contributed by atoms with E-state index in [1.165, 1.54) is 0 Å². The minimum atomic E-state index is -0.797. The molecule has 7 nitrogen and oxygen atoms in total. The van der Waals surface area contributed by atoms with Crippen LogP contribution in [0.3, 0.4) is 0 Å². The number of amides is 3. The maximum absolute atomic E-state index is 12.8. The number of likely N-dealkylation sites (tertiary alicyclic amines) is 2. The average Bonchev–Trinajstić information content (AvgIpc) is 2.69. The molecule has 146 valence electrons. The number of benzene rings is 1. The molecule has 7 heteroatoms. The monoisotopic (exact) mass is 373 g/mol. The van der Waals surface area contributed by atoms with E-state index in [1.807, 2.05) is 17.9 Å². The molecule has 2 fully saturated rings. The van der Waals surface area contributed by atoms with Gasteiger partial charge < -0.3 is 20.2 Å². The molecule has 1 aromatic rings. The Hall–Kier alpha value is -2.57. The van der Waals surface area contributed by atoms with E-state index in [0.717, 1.165) is 37.9 Å². The summed E-state index contributed by atoms with van der Waals surface area (Å²) in [5.74, 6) is -1.15. The molecule has 1 aromatic carbocycles. The van der Waals surface area contributed by atoms with Gasteiger partial charge in [-0.15, -0.1) is 0 Å². The predicted octanol–water partition coefficient (Wildman–Crippen LogP) is 2.95. The van der Waals surface area contributed by atoms with E-state index in [0.29, 0.717) is 37.2 Å². The first kappa shape index (κ1) is 19.2. The van der Waals surface area contributed by atoms with E-state index in [4.69, 9.17) is 5.11 Å². The number of hydrogen-bond donors (Lipinski definition) is 2. The number of anilines is 1. The van der Waals surface area contributed by atoms with Crippen molar-refractivity contribution in [3.05, 3.63) is 29.3 Å². The molecule has 2 N–H and O–H groups in total. The van der Waals surface area contributed by atoms with Crippen molar-refractivity contribution in [1.29, 1.82) is 0 Å². The lowest BCUT2D eigenvalue weighted by Gasteiger charge is -2.30. The molecular weight excluding hydrogens is 346 g/mol. The van der Waals surface area contributed by atoms with Crippen LogP contribution in [-0.4, -0.2) is 59.0 Å². The van der Waals surface area contributed by atoms with Crippen LogP contribution >= 0.6 is 0 Å². The molecule has 0 aromatic heterocycles. The van der Waals surface area contributed by atoms with Gasteiger partial charge in [0, 0.05) is 37.4 Å². The Morgan fingerprint density at radius 1 is 1.00 bits per heavy atom. The number of rotatable bonds is 3. The van der Waals surface area contributed by atoms with Gasteiger partial charge in [0.1, 0.15) is 0 Å². The largest absolute Gasteiger partial charge is 0.481 e. The topological polar surface area (TPSA) is 90.0 Å². The summed E-state index contributed by atoms with van der Waals surface area (Å²) >= 11 is 0. The highest BCUT2D eigenvalue weighted by atomic mass is 16.4. The minimum Gasteiger partial charge on any atom is -0.481 e. The summed E-state index contributed by atoms with van der Waals surface area (Å²) in [7, 11) is 0. The van der Waals surface area contributed by atoms with Crippen LogP contribution in [0.1, 0.15) is 48.0 Å². The second-order valence-electron chi connectivity index (χ2n) is 7.41. The average molecular weight is 373 g/mol. The Morgan fingerprint density at radius 3 is 2.30 bits per heavy atom. The first-order valence-corrected chi connectivity index (χ1v) is 9.64. The molecule has 0 radical (unpaired) electrons. The quantitative estimate of drug-likeness (QED) is 0.852. The fourth-order valence-corrected chi connectivity index (χ4v) is 3.73. The Morgan fingerprint density at radius 2 is 1.67 bits per heavy atom. The Balaban J connectivity index is 1.64. The van der Waals surface area contributed by atoms with Crippen LogP contribution in [0.2, 0.25) is 0 Å². The summed E-state index contributed by atoms with van der Waals surface area (Å²) in [5.41, 5.74) is 2.11. The van der Waals surface area contributed by atoms with Crippen LogP contribution in [0.15, 0.2) is 18.2 Å². The van der Waals surface area contributed by atoms with Gasteiger partial charge in [0.25, 0.3) is 5.91 Å². The molecule has 2 saturated heterocycles. The second kappa shape index (κ2) is 8.41. The summed E-state index contributed by atoms with van der Waals surface area (Å²) in [6.45, 7) is 4.32. The molecule has 3 amide bonds. The summed E-state index contributed by atoms with van der Waals surface area (Å²) in [6.07, 6.45) is 4.17. The number of nitrogens with one attached hydrogen (secondary N) is 1. The number of hydrogen-bond acceptors (Lipinski definition) is 3. The van der Waals surface area contributed by atoms with Gasteiger partial charge in [-0.1, -0.05) is 6.07 Å². The predicted molar refractivity (Wildman–Crippen MR) is 102 cm³/mol. The van der Waals surface area contributed by atoms with Gasteiger partial charge in [-0.25, -0.2) is 4.79 Å². The number of carbonyl (C=O) groups is 3. The third kappa shape index (κ3) is 4.59. The molecule has 0 atom stereocenters. The standard InChI is InChI=1S/C20H27N3O4/c1-14-5-6-16(13-17(14)18(24)22-9-3-2-4-10-22)21-20(27)23-11-7-15(8-12-23)19(25)26/h5-6,13,15H,2-4,7-12H2,1H3,(H,21,27)(H,25,26). The number of aliphatic carboxylic acids is 1. The number of carboxylic acid groups (broad SMARTS) is 1. The molecule has 0 unspecified atom stereocenters. The summed E-state index contributed by atoms with van der Waals surface area (Å²) < 4.78 is 0. The molecule has 27 heavy (non-hydrogen) atoms. The number of carboxylic acids is 1. The van der Waals surface area contributed by atoms with Gasteiger partial charge in [0.2, 0.25) is 0 Å². The lowest BCUT2D eigenvalue weighted by atomic mass is 9.97. The van der Waals surface area contributed by atoms with Crippen molar-refractivity contribution in [3.8, 4) is 0 Å². The Kier molecular flexibility index (Phi) is 5.98. The normalized spacial score (nSPS) is 18.3. The van der Waals surface area contributed by atoms with E-state index in [1.54, 1.807) is 17.0 Å². The fraction of sp³-hybridized carbons (Fsp3) is 0.550. The Bertz CT molecular complexity index is 720. The molecule has 3 rings (SSSR count). The fourth-order valence-electron chi connectivity index (χ4n) is 3.73. The van der Waals surface area contributed by atoms with Crippen LogP contribution in [0.5, 0.6) is 0 Å². The van der Waals surface area contributed by atoms with Crippen molar-refractivity contribution in [2.45, 2.75) is 39.0 Å². The highest BCUT2D eigenvalue weighted by Crippen LogP contribution is 2.22. The van der Waals surface area contributed by atoms with Crippen molar-refractivity contribution in [1.82, 2.24) is 9.80 Å². The zero-order valence-corrected chi connectivity index (χ0v) is 15.7. The van der Waals surface area contributed by atoms with Crippen molar-refractivity contribution in [2.75, 3.05) is 31.5 Å². The lowest BCUT2D eigenvalue weighted by molar-refractivity contribution is -0.143. The van der Waals surface area contributed by atoms with Gasteiger partial charge in [-0.05, 0) is 56.7 Å². The van der Waals surface area contributed by atoms with Gasteiger partial charge in [-0.2, -0.15) is 0 Å². The van der Waals surface area contributed by atoms with Crippen molar-refractivity contribution < 1.29 is 19.5 Å². The number of urea groups is 1. The van der Waals surface area contributed by atoms with Crippen molar-refractivity contribution in [2.24, 2.45) is 5.92 Å². The van der Waals surface area contributed by atoms with Crippen LogP contribution in [0.25, 0.3) is 0 Å². The van der Waals surface area contributed by atoms with Crippen LogP contribution in [-0.2, 0) is 4.79 Å². The zero-order chi connectivity index (χ0) is 19.4. The van der Waals surface area contributed by atoms with Crippen molar-refractivity contribution in [3.63, 3.8) is 0 Å². The van der Waals surface area contributed by atoms with E-state index in [9.17, 15) is 14.4 Å². The third-order valence-electron chi connectivity index (χ3n) is 5.49. The van der Waals surface area contributed by atoms with Gasteiger partial charge >= 0.3 is 12.0 Å². The minimum absolute atomic E-state index is 0.0190. The zero-order valence-electron chi connectivity index (χ0n) is 15.7. The Labute approximate surface area is 159 Å². The SMILES string of the molecule is Cc1ccc(NC(=O)N2CCC(C(=O)O)CC2)cc1C(=O)N1CCCCC1. The third-order valence-corrected chi connectivity index (χ3v) is 5.49. The van der Waals surface area contributed by atoms with Gasteiger partial charge in [-0.3, -0.25) is 9.59 Å². The van der Waals surface area contributed by atoms with E-state index >= 15 is 0 Å². The number of piperidine rings is 2. The molecule has 2 aliphatic heterocycles. The number of nitrogens with zero attached hydrogens (tertiary/aromatic N) is 2. The maximum atomic E-state index is 12.8. The second-order valence-corrected chi connectivity index (χ2v) is 7.41.